The first-order chi connectivity index (χ1) is 35.3. The first-order valence-electron chi connectivity index (χ1n) is 25.4. The number of carbonyl (C=O) groups is 3. The zero-order valence-electron chi connectivity index (χ0n) is 42.3. The van der Waals surface area contributed by atoms with Crippen molar-refractivity contribution >= 4 is 65.0 Å². The highest BCUT2D eigenvalue weighted by Gasteiger charge is 2.23. The number of imidazole rings is 2. The van der Waals surface area contributed by atoms with Crippen molar-refractivity contribution in [2.75, 3.05) is 70.9 Å². The van der Waals surface area contributed by atoms with Gasteiger partial charge < -0.3 is 55.2 Å². The molecule has 16 nitrogen and oxygen atoms in total. The lowest BCUT2D eigenvalue weighted by Gasteiger charge is -2.34. The van der Waals surface area contributed by atoms with E-state index in [-0.39, 0.29) is 36.8 Å². The number of rotatable bonds is 24. The molecular formula is C54H67BF2N12O4. The third kappa shape index (κ3) is 14.5. The van der Waals surface area contributed by atoms with Crippen molar-refractivity contribution in [1.82, 2.24) is 55.6 Å². The van der Waals surface area contributed by atoms with Crippen LogP contribution in [0.3, 0.4) is 0 Å². The van der Waals surface area contributed by atoms with Crippen molar-refractivity contribution in [2.24, 2.45) is 0 Å². The first-order valence-corrected chi connectivity index (χ1v) is 25.4. The van der Waals surface area contributed by atoms with Crippen molar-refractivity contribution in [3.8, 4) is 28.5 Å². The molecule has 0 aliphatic carbocycles. The Bertz CT molecular complexity index is 3100. The molecule has 1 fully saturated rings. The average molecular weight is 997 g/mol. The number of carbonyl (C=O) groups excluding carboxylic acids is 3. The highest BCUT2D eigenvalue weighted by Crippen LogP contribution is 2.29. The van der Waals surface area contributed by atoms with E-state index in [1.807, 2.05) is 42.5 Å². The number of nitrogens with one attached hydrogen (secondary N) is 7. The normalized spacial score (nSPS) is 14.0. The van der Waals surface area contributed by atoms with Crippen LogP contribution in [0.4, 0.5) is 14.3 Å². The fourth-order valence-electron chi connectivity index (χ4n) is 9.03. The van der Waals surface area contributed by atoms with E-state index in [4.69, 9.17) is 14.7 Å². The van der Waals surface area contributed by atoms with Gasteiger partial charge in [-0.25, -0.2) is 9.97 Å². The second-order valence-electron chi connectivity index (χ2n) is 19.0. The molecule has 3 aromatic carbocycles. The molecule has 0 bridgehead atoms. The molecule has 1 saturated heterocycles. The molecule has 0 spiro atoms. The van der Waals surface area contributed by atoms with Gasteiger partial charge in [0.15, 0.2) is 6.61 Å². The number of benzene rings is 3. The van der Waals surface area contributed by atoms with Crippen LogP contribution >= 0.6 is 0 Å². The number of hydrogen-bond donors (Lipinski definition) is 7. The number of ether oxygens (including phenoxy) is 1. The number of hydrogen-bond acceptors (Lipinski definition) is 9. The number of H-pyrrole nitrogens is 3. The molecule has 1 aliphatic heterocycles. The highest BCUT2D eigenvalue weighted by molar-refractivity contribution is 6.41. The van der Waals surface area contributed by atoms with Gasteiger partial charge in [-0.15, -0.1) is 0 Å². The zero-order chi connectivity index (χ0) is 51.3. The predicted octanol–water partition coefficient (Wildman–Crippen LogP) is 5.79. The minimum absolute atomic E-state index is 0.0128. The Morgan fingerprint density at radius 3 is 2.16 bits per heavy atom. The van der Waals surface area contributed by atoms with Gasteiger partial charge in [-0.1, -0.05) is 12.5 Å². The van der Waals surface area contributed by atoms with Crippen LogP contribution in [-0.4, -0.2) is 131 Å². The number of piperazine rings is 1. The lowest BCUT2D eigenvalue weighted by atomic mass is 10.2. The van der Waals surface area contributed by atoms with Gasteiger partial charge in [0.25, 0.3) is 5.91 Å². The van der Waals surface area contributed by atoms with E-state index in [1.54, 1.807) is 38.1 Å². The molecule has 8 rings (SSSR count). The van der Waals surface area contributed by atoms with Crippen LogP contribution in [0.1, 0.15) is 68.8 Å². The van der Waals surface area contributed by atoms with Crippen molar-refractivity contribution in [1.29, 1.82) is 0 Å². The number of likely N-dealkylation sites (N-methyl/N-ethyl adjacent to an activating group) is 1. The molecule has 4 aromatic heterocycles. The number of aromatic nitrogens is 6. The van der Waals surface area contributed by atoms with E-state index in [1.165, 1.54) is 5.69 Å². The second-order valence-corrected chi connectivity index (χ2v) is 19.0. The minimum Gasteiger partial charge on any atom is -0.484 e. The van der Waals surface area contributed by atoms with Crippen molar-refractivity contribution in [3.63, 3.8) is 0 Å². The maximum absolute atomic E-state index is 13.5. The Labute approximate surface area is 424 Å². The fraction of sp³-hybridized carbons (Fsp3) is 0.389. The van der Waals surface area contributed by atoms with Gasteiger partial charge in [-0.05, 0) is 151 Å². The van der Waals surface area contributed by atoms with Gasteiger partial charge in [-0.3, -0.25) is 23.0 Å². The topological polar surface area (TPSA) is 193 Å². The molecule has 3 amide bonds. The maximum Gasteiger partial charge on any atom is 0.677 e. The van der Waals surface area contributed by atoms with Crippen LogP contribution < -0.4 is 41.6 Å². The molecule has 19 heteroatoms. The standard InChI is InChI=1S/C54H67BF2N12O4/c1-36-31-38(3)69(55(56)57)49(36)33-42-14-13-41(62-42)15-21-51(71)59-23-7-5-6-9-50(70)60-25-8-24-58-37(2)22-26-61-52(72)35-73-44-17-10-39(11-18-44)53-63-45-19-12-40(32-47(45)65-53)54-64-46-20-16-43(34-48(46)66-54)68-29-27-67(4)28-30-68/h10-20,31-34,37,58,62H,5-9,21-30,35H2,1-4H3,(H,59,71)(H,60,70)(H,61,72)(H,63,65)(H,64,66). The van der Waals surface area contributed by atoms with Gasteiger partial charge in [0.2, 0.25) is 11.8 Å². The van der Waals surface area contributed by atoms with Crippen molar-refractivity contribution in [2.45, 2.75) is 71.8 Å². The third-order valence-corrected chi connectivity index (χ3v) is 13.3. The van der Waals surface area contributed by atoms with Gasteiger partial charge in [-0.2, -0.15) is 0 Å². The zero-order valence-corrected chi connectivity index (χ0v) is 42.3. The quantitative estimate of drug-likeness (QED) is 0.0290. The number of unbranched alkanes of at least 4 members (excludes halogenated alkanes) is 2. The van der Waals surface area contributed by atoms with Crippen LogP contribution in [0.15, 0.2) is 78.9 Å². The summed E-state index contributed by atoms with van der Waals surface area (Å²) in [6.07, 6.45) is 7.92. The van der Waals surface area contributed by atoms with Crippen LogP contribution in [0.25, 0.3) is 57.0 Å². The number of fused-ring (bicyclic) bond motifs is 2. The molecule has 1 unspecified atom stereocenters. The third-order valence-electron chi connectivity index (χ3n) is 13.3. The molecule has 1 aliphatic rings. The summed E-state index contributed by atoms with van der Waals surface area (Å²) in [7, 11) is -0.463. The molecule has 7 N–H and O–H groups in total. The minimum atomic E-state index is -2.63. The maximum atomic E-state index is 13.5. The summed E-state index contributed by atoms with van der Waals surface area (Å²) in [5.41, 5.74) is 8.50. The molecule has 0 saturated carbocycles. The number of amides is 3. The second kappa shape index (κ2) is 24.9. The number of halogens is 2. The number of anilines is 1. The Kier molecular flexibility index (Phi) is 17.8. The van der Waals surface area contributed by atoms with E-state index in [9.17, 15) is 23.0 Å². The monoisotopic (exact) mass is 997 g/mol. The van der Waals surface area contributed by atoms with Crippen LogP contribution in [0.5, 0.6) is 5.75 Å². The Balaban J connectivity index is 0.645. The summed E-state index contributed by atoms with van der Waals surface area (Å²) >= 11 is 0. The summed E-state index contributed by atoms with van der Waals surface area (Å²) in [5.74, 6) is 1.84. The van der Waals surface area contributed by atoms with Gasteiger partial charge in [0.05, 0.1) is 22.1 Å². The predicted molar refractivity (Wildman–Crippen MR) is 286 cm³/mol. The van der Waals surface area contributed by atoms with Gasteiger partial charge in [0.1, 0.15) is 17.4 Å². The van der Waals surface area contributed by atoms with Crippen molar-refractivity contribution < 1.29 is 27.8 Å². The lowest BCUT2D eigenvalue weighted by molar-refractivity contribution is -0.123. The number of nitrogens with zero attached hydrogens (tertiary/aromatic N) is 5. The van der Waals surface area contributed by atoms with E-state index in [2.05, 4.69) is 84.3 Å². The van der Waals surface area contributed by atoms with E-state index in [0.717, 1.165) is 125 Å². The summed E-state index contributed by atoms with van der Waals surface area (Å²) < 4.78 is 33.9. The first kappa shape index (κ1) is 52.1. The Morgan fingerprint density at radius 2 is 1.40 bits per heavy atom. The summed E-state index contributed by atoms with van der Waals surface area (Å²) in [6.45, 7) is 11.9. The summed E-state index contributed by atoms with van der Waals surface area (Å²) in [5, 5.41) is 13.7. The van der Waals surface area contributed by atoms with Crippen molar-refractivity contribution in [3.05, 3.63) is 107 Å². The fourth-order valence-corrected chi connectivity index (χ4v) is 9.03. The molecule has 1 atom stereocenters. The molecule has 384 valence electrons. The van der Waals surface area contributed by atoms with Gasteiger partial charge in [0, 0.05) is 104 Å². The molecular weight excluding hydrogens is 929 g/mol. The highest BCUT2D eigenvalue weighted by atomic mass is 19.2. The molecule has 7 aromatic rings. The van der Waals surface area contributed by atoms with E-state index < -0.39 is 7.40 Å². The molecule has 73 heavy (non-hydrogen) atoms. The Hall–Kier alpha value is -7.25. The van der Waals surface area contributed by atoms with Crippen LogP contribution in [0, 0.1) is 13.8 Å². The largest absolute Gasteiger partial charge is 0.677 e. The van der Waals surface area contributed by atoms with Crippen LogP contribution in [0.2, 0.25) is 0 Å². The molecule has 0 radical (unpaired) electrons. The smallest absolute Gasteiger partial charge is 0.484 e. The number of aryl methyl sites for hydroxylation is 2. The van der Waals surface area contributed by atoms with E-state index in [0.29, 0.717) is 48.5 Å². The molecule has 5 heterocycles. The SMILES string of the molecule is Cc1cc(C)n(B(F)F)c1C=c1ccc(=CCC(=O)NCCCCCC(=O)NCCCNC(C)CCNC(=O)COc2ccc(-c3nc4ccc(-c5nc6ccc(N7CCN(C)CC7)cc6[nH]5)cc4[nH]3)cc2)[nH]1. The average Bonchev–Trinajstić information content (AvgIpc) is 4.19. The van der Waals surface area contributed by atoms with E-state index >= 15 is 0 Å². The summed E-state index contributed by atoms with van der Waals surface area (Å²) in [6, 6.07) is 25.6. The lowest BCUT2D eigenvalue weighted by Crippen LogP contribution is -2.44. The van der Waals surface area contributed by atoms with Gasteiger partial charge >= 0.3 is 7.40 Å². The Morgan fingerprint density at radius 1 is 0.726 bits per heavy atom. The summed E-state index contributed by atoms with van der Waals surface area (Å²) in [4.78, 5) is 61.9. The number of aromatic amines is 3. The van der Waals surface area contributed by atoms with Crippen LogP contribution in [-0.2, 0) is 14.4 Å².